The van der Waals surface area contributed by atoms with Gasteiger partial charge >= 0.3 is 11.9 Å². The van der Waals surface area contributed by atoms with Crippen molar-refractivity contribution in [2.75, 3.05) is 0 Å². The number of carbonyl (C=O) groups excluding carboxylic acids is 2. The molecule has 0 heterocycles. The number of hydrogen-bond acceptors (Lipinski definition) is 4. The van der Waals surface area contributed by atoms with Gasteiger partial charge in [0.15, 0.2) is 0 Å². The van der Waals surface area contributed by atoms with Crippen molar-refractivity contribution in [2.24, 2.45) is 0 Å². The second-order valence-electron chi connectivity index (χ2n) is 4.37. The second-order valence-corrected chi connectivity index (χ2v) is 4.37. The van der Waals surface area contributed by atoms with Crippen molar-refractivity contribution >= 4 is 18.0 Å². The van der Waals surface area contributed by atoms with Crippen molar-refractivity contribution in [1.82, 2.24) is 0 Å². The summed E-state index contributed by atoms with van der Waals surface area (Å²) in [6.07, 6.45) is 2.81. The van der Waals surface area contributed by atoms with Crippen LogP contribution in [-0.4, -0.2) is 11.9 Å². The number of carbonyl (C=O) groups is 2. The molecule has 0 bridgehead atoms. The molecule has 2 aromatic rings. The van der Waals surface area contributed by atoms with Gasteiger partial charge in [-0.2, -0.15) is 0 Å². The fraction of sp³-hybridized carbons (Fsp3) is 0.0588. The Hall–Kier alpha value is -2.95. The quantitative estimate of drug-likeness (QED) is 0.493. The molecule has 2 rings (SSSR count). The zero-order chi connectivity index (χ0) is 15.9. The molecular weight excluding hydrogens is 287 g/mol. The van der Waals surface area contributed by atoms with E-state index in [0.29, 0.717) is 5.75 Å². The summed E-state index contributed by atoms with van der Waals surface area (Å²) >= 11 is 0. The van der Waals surface area contributed by atoms with Crippen LogP contribution in [0.15, 0.2) is 54.6 Å². The Bertz CT molecular complexity index is 688. The SMILES string of the molecule is CC(=O)Oc1ccc(/C=C/C(=O)Oc2ccc(F)cc2)cc1. The molecular formula is C17H13FO4. The maximum Gasteiger partial charge on any atom is 0.336 e. The van der Waals surface area contributed by atoms with Gasteiger partial charge in [-0.25, -0.2) is 9.18 Å². The molecule has 0 aliphatic rings. The fourth-order valence-corrected chi connectivity index (χ4v) is 1.63. The minimum atomic E-state index is -0.573. The summed E-state index contributed by atoms with van der Waals surface area (Å²) in [7, 11) is 0. The van der Waals surface area contributed by atoms with E-state index in [2.05, 4.69) is 0 Å². The van der Waals surface area contributed by atoms with E-state index in [1.54, 1.807) is 30.3 Å². The van der Waals surface area contributed by atoms with E-state index in [1.807, 2.05) is 0 Å². The van der Waals surface area contributed by atoms with Gasteiger partial charge in [-0.1, -0.05) is 12.1 Å². The molecule has 0 unspecified atom stereocenters. The van der Waals surface area contributed by atoms with Crippen LogP contribution in [-0.2, 0) is 9.59 Å². The first-order valence-corrected chi connectivity index (χ1v) is 6.47. The van der Waals surface area contributed by atoms with Gasteiger partial charge in [0.2, 0.25) is 0 Å². The van der Waals surface area contributed by atoms with E-state index < -0.39 is 17.8 Å². The van der Waals surface area contributed by atoms with Gasteiger partial charge in [-0.3, -0.25) is 4.79 Å². The molecule has 0 saturated carbocycles. The van der Waals surface area contributed by atoms with Gasteiger partial charge in [0, 0.05) is 13.0 Å². The summed E-state index contributed by atoms with van der Waals surface area (Å²) in [4.78, 5) is 22.4. The van der Waals surface area contributed by atoms with Gasteiger partial charge < -0.3 is 9.47 Å². The lowest BCUT2D eigenvalue weighted by Gasteiger charge is -2.01. The number of rotatable bonds is 4. The van der Waals surface area contributed by atoms with Gasteiger partial charge in [0.05, 0.1) is 0 Å². The lowest BCUT2D eigenvalue weighted by atomic mass is 10.2. The van der Waals surface area contributed by atoms with Crippen molar-refractivity contribution < 1.29 is 23.5 Å². The molecule has 112 valence electrons. The van der Waals surface area contributed by atoms with Gasteiger partial charge in [-0.05, 0) is 48.0 Å². The highest BCUT2D eigenvalue weighted by Crippen LogP contribution is 2.14. The normalized spacial score (nSPS) is 10.5. The molecule has 22 heavy (non-hydrogen) atoms. The van der Waals surface area contributed by atoms with Crippen LogP contribution in [0.4, 0.5) is 4.39 Å². The van der Waals surface area contributed by atoms with Crippen LogP contribution in [0.2, 0.25) is 0 Å². The largest absolute Gasteiger partial charge is 0.427 e. The standard InChI is InChI=1S/C17H13FO4/c1-12(19)21-15-7-2-13(3-8-15)4-11-17(20)22-16-9-5-14(18)6-10-16/h2-11H,1H3/b11-4+. The summed E-state index contributed by atoms with van der Waals surface area (Å²) in [5.41, 5.74) is 0.743. The first kappa shape index (κ1) is 15.4. The van der Waals surface area contributed by atoms with Crippen LogP contribution in [0.25, 0.3) is 6.08 Å². The lowest BCUT2D eigenvalue weighted by molar-refractivity contribution is -0.132. The average molecular weight is 300 g/mol. The molecule has 0 aromatic heterocycles. The third-order valence-corrected chi connectivity index (χ3v) is 2.59. The minimum Gasteiger partial charge on any atom is -0.427 e. The number of hydrogen-bond donors (Lipinski definition) is 0. The summed E-state index contributed by atoms with van der Waals surface area (Å²) in [6, 6.07) is 11.8. The van der Waals surface area contributed by atoms with Crippen LogP contribution >= 0.6 is 0 Å². The van der Waals surface area contributed by atoms with E-state index in [4.69, 9.17) is 9.47 Å². The number of halogens is 1. The number of ether oxygens (including phenoxy) is 2. The van der Waals surface area contributed by atoms with Crippen LogP contribution < -0.4 is 9.47 Å². The van der Waals surface area contributed by atoms with Gasteiger partial charge in [0.25, 0.3) is 0 Å². The molecule has 0 saturated heterocycles. The molecule has 0 radical (unpaired) electrons. The van der Waals surface area contributed by atoms with E-state index in [0.717, 1.165) is 5.56 Å². The highest BCUT2D eigenvalue weighted by atomic mass is 19.1. The Morgan fingerprint density at radius 2 is 1.45 bits per heavy atom. The zero-order valence-corrected chi connectivity index (χ0v) is 11.8. The predicted molar refractivity (Wildman–Crippen MR) is 78.8 cm³/mol. The van der Waals surface area contributed by atoms with Crippen LogP contribution in [0.1, 0.15) is 12.5 Å². The maximum atomic E-state index is 12.7. The van der Waals surface area contributed by atoms with Crippen LogP contribution in [0, 0.1) is 5.82 Å². The first-order chi connectivity index (χ1) is 10.5. The van der Waals surface area contributed by atoms with Crippen LogP contribution in [0.3, 0.4) is 0 Å². The third-order valence-electron chi connectivity index (χ3n) is 2.59. The Balaban J connectivity index is 1.94. The van der Waals surface area contributed by atoms with Crippen molar-refractivity contribution in [3.05, 3.63) is 66.0 Å². The number of benzene rings is 2. The Kier molecular flexibility index (Phi) is 5.03. The van der Waals surface area contributed by atoms with E-state index in [9.17, 15) is 14.0 Å². The minimum absolute atomic E-state index is 0.265. The monoisotopic (exact) mass is 300 g/mol. The molecule has 5 heteroatoms. The Morgan fingerprint density at radius 3 is 2.05 bits per heavy atom. The molecule has 0 aliphatic heterocycles. The summed E-state index contributed by atoms with van der Waals surface area (Å²) in [6.45, 7) is 1.32. The van der Waals surface area contributed by atoms with Crippen LogP contribution in [0.5, 0.6) is 11.5 Å². The first-order valence-electron chi connectivity index (χ1n) is 6.47. The predicted octanol–water partition coefficient (Wildman–Crippen LogP) is 3.37. The highest BCUT2D eigenvalue weighted by Gasteiger charge is 2.01. The van der Waals surface area contributed by atoms with Gasteiger partial charge in [0.1, 0.15) is 17.3 Å². The maximum absolute atomic E-state index is 12.7. The molecule has 0 fully saturated rings. The number of esters is 2. The smallest absolute Gasteiger partial charge is 0.336 e. The Labute approximate surface area is 126 Å². The highest BCUT2D eigenvalue weighted by molar-refractivity contribution is 5.88. The third kappa shape index (κ3) is 4.86. The molecule has 2 aromatic carbocycles. The van der Waals surface area contributed by atoms with Crippen molar-refractivity contribution in [1.29, 1.82) is 0 Å². The lowest BCUT2D eigenvalue weighted by Crippen LogP contribution is -2.03. The van der Waals surface area contributed by atoms with Crippen molar-refractivity contribution in [3.8, 4) is 11.5 Å². The second kappa shape index (κ2) is 7.17. The summed E-state index contributed by atoms with van der Waals surface area (Å²) in [5.74, 6) is -0.676. The molecule has 0 amide bonds. The van der Waals surface area contributed by atoms with E-state index in [-0.39, 0.29) is 5.75 Å². The molecule has 0 spiro atoms. The van der Waals surface area contributed by atoms with Gasteiger partial charge in [-0.15, -0.1) is 0 Å². The zero-order valence-electron chi connectivity index (χ0n) is 11.8. The van der Waals surface area contributed by atoms with Crippen molar-refractivity contribution in [2.45, 2.75) is 6.92 Å². The van der Waals surface area contributed by atoms with E-state index >= 15 is 0 Å². The topological polar surface area (TPSA) is 52.6 Å². The summed E-state index contributed by atoms with van der Waals surface area (Å²) < 4.78 is 22.6. The molecule has 0 N–H and O–H groups in total. The molecule has 0 atom stereocenters. The van der Waals surface area contributed by atoms with E-state index in [1.165, 1.54) is 37.3 Å². The summed E-state index contributed by atoms with van der Waals surface area (Å²) in [5, 5.41) is 0. The fourth-order valence-electron chi connectivity index (χ4n) is 1.63. The average Bonchev–Trinajstić information content (AvgIpc) is 2.48. The van der Waals surface area contributed by atoms with Crippen molar-refractivity contribution in [3.63, 3.8) is 0 Å². The Morgan fingerprint density at radius 1 is 0.909 bits per heavy atom. The molecule has 0 aliphatic carbocycles. The molecule has 4 nitrogen and oxygen atoms in total.